The first-order valence-corrected chi connectivity index (χ1v) is 11.1. The van der Waals surface area contributed by atoms with Crippen LogP contribution < -0.4 is 5.32 Å². The minimum Gasteiger partial charge on any atom is -0.342 e. The molecule has 1 heterocycles. The van der Waals surface area contributed by atoms with E-state index in [0.717, 1.165) is 21.9 Å². The van der Waals surface area contributed by atoms with Crippen LogP contribution >= 0.6 is 50.9 Å². The fourth-order valence-corrected chi connectivity index (χ4v) is 4.78. The van der Waals surface area contributed by atoms with Crippen molar-refractivity contribution in [1.82, 2.24) is 0 Å². The Morgan fingerprint density at radius 1 is 1.30 bits per heavy atom. The number of rotatable bonds is 6. The van der Waals surface area contributed by atoms with Gasteiger partial charge in [0.15, 0.2) is 0 Å². The third-order valence-electron chi connectivity index (χ3n) is 3.99. The first kappa shape index (κ1) is 21.0. The first-order chi connectivity index (χ1) is 12.9. The van der Waals surface area contributed by atoms with E-state index in [9.17, 15) is 4.79 Å². The van der Waals surface area contributed by atoms with E-state index in [4.69, 9.17) is 32.7 Å². The van der Waals surface area contributed by atoms with Crippen molar-refractivity contribution in [1.29, 1.82) is 0 Å². The van der Waals surface area contributed by atoms with Crippen molar-refractivity contribution in [3.8, 4) is 0 Å². The lowest BCUT2D eigenvalue weighted by Gasteiger charge is -2.27. The SMILES string of the molecule is CC(=O)Nc1ccc(SCC2COC(CBr)(c3ccc(Cl)cc3Cl)O2)cc1. The summed E-state index contributed by atoms with van der Waals surface area (Å²) < 4.78 is 12.2. The zero-order valence-electron chi connectivity index (χ0n) is 14.5. The smallest absolute Gasteiger partial charge is 0.221 e. The van der Waals surface area contributed by atoms with E-state index in [2.05, 4.69) is 21.2 Å². The summed E-state index contributed by atoms with van der Waals surface area (Å²) in [6.45, 7) is 1.96. The largest absolute Gasteiger partial charge is 0.342 e. The van der Waals surface area contributed by atoms with E-state index < -0.39 is 5.79 Å². The second-order valence-corrected chi connectivity index (χ2v) is 8.58. The van der Waals surface area contributed by atoms with Gasteiger partial charge >= 0.3 is 0 Å². The number of anilines is 1. The van der Waals surface area contributed by atoms with Gasteiger partial charge in [-0.1, -0.05) is 45.2 Å². The third kappa shape index (κ3) is 5.19. The van der Waals surface area contributed by atoms with Gasteiger partial charge in [0.1, 0.15) is 0 Å². The van der Waals surface area contributed by atoms with Crippen molar-refractivity contribution in [2.75, 3.05) is 23.0 Å². The number of amides is 1. The van der Waals surface area contributed by atoms with E-state index in [-0.39, 0.29) is 12.0 Å². The molecule has 1 saturated heterocycles. The summed E-state index contributed by atoms with van der Waals surface area (Å²) in [7, 11) is 0. The average molecular weight is 491 g/mol. The van der Waals surface area contributed by atoms with Crippen molar-refractivity contribution < 1.29 is 14.3 Å². The summed E-state index contributed by atoms with van der Waals surface area (Å²) >= 11 is 17.5. The standard InChI is InChI=1S/C19H18BrCl2NO3S/c1-12(24)23-14-3-5-16(6-4-14)27-10-15-9-25-19(11-20,26-15)17-7-2-13(21)8-18(17)22/h2-8,15H,9-11H2,1H3,(H,23,24). The molecule has 1 aliphatic heterocycles. The maximum atomic E-state index is 11.1. The number of thioether (sulfide) groups is 1. The van der Waals surface area contributed by atoms with E-state index in [1.54, 1.807) is 23.9 Å². The topological polar surface area (TPSA) is 47.6 Å². The van der Waals surface area contributed by atoms with Crippen LogP contribution in [-0.2, 0) is 20.1 Å². The average Bonchev–Trinajstić information content (AvgIpc) is 3.05. The van der Waals surface area contributed by atoms with Gasteiger partial charge < -0.3 is 14.8 Å². The van der Waals surface area contributed by atoms with Crippen molar-refractivity contribution in [3.63, 3.8) is 0 Å². The maximum Gasteiger partial charge on any atom is 0.221 e. The molecule has 0 aromatic heterocycles. The van der Waals surface area contributed by atoms with Gasteiger partial charge in [-0.15, -0.1) is 11.8 Å². The zero-order chi connectivity index (χ0) is 19.4. The molecular weight excluding hydrogens is 473 g/mol. The Morgan fingerprint density at radius 3 is 2.67 bits per heavy atom. The summed E-state index contributed by atoms with van der Waals surface area (Å²) in [6, 6.07) is 13.0. The van der Waals surface area contributed by atoms with Crippen LogP contribution in [0.5, 0.6) is 0 Å². The van der Waals surface area contributed by atoms with Crippen LogP contribution in [0.4, 0.5) is 5.69 Å². The molecule has 3 rings (SSSR count). The molecule has 0 radical (unpaired) electrons. The van der Waals surface area contributed by atoms with Crippen LogP contribution in [0.3, 0.4) is 0 Å². The highest BCUT2D eigenvalue weighted by Gasteiger charge is 2.43. The van der Waals surface area contributed by atoms with Gasteiger partial charge in [-0.3, -0.25) is 4.79 Å². The quantitative estimate of drug-likeness (QED) is 0.416. The first-order valence-electron chi connectivity index (χ1n) is 8.25. The number of hydrogen-bond acceptors (Lipinski definition) is 4. The predicted molar refractivity (Wildman–Crippen MR) is 114 cm³/mol. The van der Waals surface area contributed by atoms with E-state index in [0.29, 0.717) is 22.0 Å². The molecule has 2 atom stereocenters. The molecule has 1 fully saturated rings. The number of hydrogen-bond donors (Lipinski definition) is 1. The van der Waals surface area contributed by atoms with E-state index in [1.807, 2.05) is 30.3 Å². The fourth-order valence-electron chi connectivity index (χ4n) is 2.76. The number of halogens is 3. The number of nitrogens with one attached hydrogen (secondary N) is 1. The summed E-state index contributed by atoms with van der Waals surface area (Å²) in [6.07, 6.45) is -0.0747. The van der Waals surface area contributed by atoms with Gasteiger partial charge in [0.25, 0.3) is 0 Å². The molecule has 2 unspecified atom stereocenters. The molecule has 144 valence electrons. The van der Waals surface area contributed by atoms with Crippen molar-refractivity contribution in [2.24, 2.45) is 0 Å². The van der Waals surface area contributed by atoms with Gasteiger partial charge in [0, 0.05) is 33.8 Å². The molecule has 2 aromatic rings. The number of carbonyl (C=O) groups is 1. The summed E-state index contributed by atoms with van der Waals surface area (Å²) in [5, 5.41) is 4.31. The molecule has 0 bridgehead atoms. The fraction of sp³-hybridized carbons (Fsp3) is 0.316. The monoisotopic (exact) mass is 489 g/mol. The molecule has 1 aliphatic rings. The molecule has 2 aromatic carbocycles. The van der Waals surface area contributed by atoms with Crippen LogP contribution in [0.2, 0.25) is 10.0 Å². The summed E-state index contributed by atoms with van der Waals surface area (Å²) in [4.78, 5) is 12.2. The highest BCUT2D eigenvalue weighted by molar-refractivity contribution is 9.09. The minimum atomic E-state index is -0.915. The maximum absolute atomic E-state index is 11.1. The molecular formula is C19H18BrCl2NO3S. The molecule has 0 saturated carbocycles. The Morgan fingerprint density at radius 2 is 2.04 bits per heavy atom. The molecule has 8 heteroatoms. The summed E-state index contributed by atoms with van der Waals surface area (Å²) in [5.41, 5.74) is 1.54. The van der Waals surface area contributed by atoms with E-state index in [1.165, 1.54) is 6.92 Å². The van der Waals surface area contributed by atoms with Crippen LogP contribution in [0.25, 0.3) is 0 Å². The highest BCUT2D eigenvalue weighted by Crippen LogP contribution is 2.41. The second kappa shape index (κ2) is 9.16. The highest BCUT2D eigenvalue weighted by atomic mass is 79.9. The van der Waals surface area contributed by atoms with Gasteiger partial charge in [-0.05, 0) is 36.4 Å². The molecule has 27 heavy (non-hydrogen) atoms. The Bertz CT molecular complexity index is 821. The number of alkyl halides is 1. The number of ether oxygens (including phenoxy) is 2. The molecule has 0 aliphatic carbocycles. The third-order valence-corrected chi connectivity index (χ3v) is 6.42. The Balaban J connectivity index is 1.62. The Labute approximate surface area is 181 Å². The predicted octanol–water partition coefficient (Wildman–Crippen LogP) is 5.71. The number of benzene rings is 2. The Hall–Kier alpha value is -0.760. The number of carbonyl (C=O) groups excluding carboxylic acids is 1. The van der Waals surface area contributed by atoms with Gasteiger partial charge in [0.2, 0.25) is 11.7 Å². The molecule has 0 spiro atoms. The van der Waals surface area contributed by atoms with Crippen LogP contribution in [0.15, 0.2) is 47.4 Å². The van der Waals surface area contributed by atoms with Crippen molar-refractivity contribution >= 4 is 62.5 Å². The van der Waals surface area contributed by atoms with Crippen molar-refractivity contribution in [2.45, 2.75) is 23.7 Å². The van der Waals surface area contributed by atoms with Gasteiger partial charge in [-0.25, -0.2) is 0 Å². The van der Waals surface area contributed by atoms with Gasteiger partial charge in [0.05, 0.1) is 23.1 Å². The minimum absolute atomic E-state index is 0.0747. The zero-order valence-corrected chi connectivity index (χ0v) is 18.4. The lowest BCUT2D eigenvalue weighted by molar-refractivity contribution is -0.154. The molecule has 4 nitrogen and oxygen atoms in total. The van der Waals surface area contributed by atoms with Crippen LogP contribution in [-0.4, -0.2) is 29.7 Å². The normalized spacial score (nSPS) is 22.0. The molecule has 1 N–H and O–H groups in total. The van der Waals surface area contributed by atoms with E-state index >= 15 is 0 Å². The second-order valence-electron chi connectivity index (χ2n) is 6.08. The van der Waals surface area contributed by atoms with Crippen LogP contribution in [0, 0.1) is 0 Å². The lowest BCUT2D eigenvalue weighted by atomic mass is 10.1. The Kier molecular flexibility index (Phi) is 7.11. The molecule has 1 amide bonds. The van der Waals surface area contributed by atoms with Crippen molar-refractivity contribution in [3.05, 3.63) is 58.1 Å². The summed E-state index contributed by atoms with van der Waals surface area (Å²) in [5.74, 6) is -0.263. The van der Waals surface area contributed by atoms with Crippen LogP contribution in [0.1, 0.15) is 12.5 Å². The lowest BCUT2D eigenvalue weighted by Crippen LogP contribution is -2.30. The van der Waals surface area contributed by atoms with Gasteiger partial charge in [-0.2, -0.15) is 0 Å².